The number of allylic oxidation sites excluding steroid dienone is 1. The van der Waals surface area contributed by atoms with Crippen LogP contribution in [0.15, 0.2) is 78.9 Å². The van der Waals surface area contributed by atoms with Crippen molar-refractivity contribution >= 4 is 40.1 Å². The summed E-state index contributed by atoms with van der Waals surface area (Å²) < 4.78 is 5.44. The lowest BCUT2D eigenvalue weighted by atomic mass is 10.0. The third-order valence-corrected chi connectivity index (χ3v) is 5.90. The number of nitriles is 1. The van der Waals surface area contributed by atoms with Crippen molar-refractivity contribution in [1.82, 2.24) is 4.98 Å². The molecule has 1 N–H and O–H groups in total. The average molecular weight is 460 g/mol. The molecule has 0 radical (unpaired) electrons. The van der Waals surface area contributed by atoms with E-state index in [4.69, 9.17) is 15.0 Å². The van der Waals surface area contributed by atoms with Gasteiger partial charge in [-0.3, -0.25) is 4.79 Å². The van der Waals surface area contributed by atoms with Gasteiger partial charge in [-0.1, -0.05) is 54.6 Å². The van der Waals surface area contributed by atoms with Gasteiger partial charge in [0.25, 0.3) is 5.91 Å². The minimum absolute atomic E-state index is 0.429. The zero-order valence-corrected chi connectivity index (χ0v) is 18.8. The lowest BCUT2D eigenvalue weighted by Gasteiger charge is -2.12. The number of nitrogens with zero attached hydrogens (tertiary/aromatic N) is 2. The summed E-state index contributed by atoms with van der Waals surface area (Å²) in [6.45, 7) is -0.437. The van der Waals surface area contributed by atoms with Crippen LogP contribution in [0.4, 0.5) is 5.69 Å². The Balaban J connectivity index is 1.42. The SMILES string of the molecule is N#Cc1cccc(NC(=O)COC(=O)c2c3c(nc4ccccc24)/C(=C/c2ccccc2)CC3)c1. The van der Waals surface area contributed by atoms with Gasteiger partial charge in [-0.05, 0) is 59.9 Å². The Hall–Kier alpha value is -4.76. The summed E-state index contributed by atoms with van der Waals surface area (Å²) in [6.07, 6.45) is 3.54. The molecule has 5 rings (SSSR count). The third kappa shape index (κ3) is 4.66. The highest BCUT2D eigenvalue weighted by Crippen LogP contribution is 2.37. The van der Waals surface area contributed by atoms with Gasteiger partial charge in [0.2, 0.25) is 0 Å². The first-order chi connectivity index (χ1) is 17.1. The Kier molecular flexibility index (Phi) is 6.06. The molecule has 0 bridgehead atoms. The molecule has 6 heteroatoms. The van der Waals surface area contributed by atoms with E-state index in [1.165, 1.54) is 0 Å². The minimum atomic E-state index is -0.554. The fourth-order valence-electron chi connectivity index (χ4n) is 4.33. The molecule has 0 aliphatic heterocycles. The van der Waals surface area contributed by atoms with E-state index in [0.29, 0.717) is 34.1 Å². The zero-order chi connectivity index (χ0) is 24.2. The van der Waals surface area contributed by atoms with Gasteiger partial charge in [0.05, 0.1) is 28.4 Å². The van der Waals surface area contributed by atoms with Crippen LogP contribution in [0.3, 0.4) is 0 Å². The van der Waals surface area contributed by atoms with Gasteiger partial charge in [0.15, 0.2) is 6.61 Å². The lowest BCUT2D eigenvalue weighted by molar-refractivity contribution is -0.119. The summed E-state index contributed by atoms with van der Waals surface area (Å²) in [5.74, 6) is -1.03. The van der Waals surface area contributed by atoms with E-state index in [0.717, 1.165) is 28.8 Å². The minimum Gasteiger partial charge on any atom is -0.452 e. The standard InChI is InChI=1S/C29H21N3O3/c30-17-20-9-6-10-22(16-20)31-26(33)18-35-29(34)27-23-11-4-5-12-25(23)32-28-21(13-14-24(27)28)15-19-7-2-1-3-8-19/h1-12,15-16H,13-14,18H2,(H,31,33)/b21-15+. The molecular weight excluding hydrogens is 438 g/mol. The molecule has 4 aromatic rings. The van der Waals surface area contributed by atoms with Gasteiger partial charge in [-0.15, -0.1) is 0 Å². The second kappa shape index (κ2) is 9.62. The maximum Gasteiger partial charge on any atom is 0.339 e. The van der Waals surface area contributed by atoms with E-state index >= 15 is 0 Å². The molecular formula is C29H21N3O3. The van der Waals surface area contributed by atoms with Crippen LogP contribution >= 0.6 is 0 Å². The number of hydrogen-bond donors (Lipinski definition) is 1. The van der Waals surface area contributed by atoms with E-state index in [-0.39, 0.29) is 0 Å². The number of aromatic nitrogens is 1. The second-order valence-electron chi connectivity index (χ2n) is 8.23. The molecule has 0 unspecified atom stereocenters. The van der Waals surface area contributed by atoms with Crippen LogP contribution in [0.2, 0.25) is 0 Å². The summed E-state index contributed by atoms with van der Waals surface area (Å²) >= 11 is 0. The van der Waals surface area contributed by atoms with E-state index in [9.17, 15) is 9.59 Å². The maximum absolute atomic E-state index is 13.2. The predicted octanol–water partition coefficient (Wildman–Crippen LogP) is 5.39. The molecule has 0 atom stereocenters. The number of amides is 1. The molecule has 1 aromatic heterocycles. The van der Waals surface area contributed by atoms with Crippen LogP contribution in [0, 0.1) is 11.3 Å². The van der Waals surface area contributed by atoms with Crippen molar-refractivity contribution in [3.63, 3.8) is 0 Å². The smallest absolute Gasteiger partial charge is 0.339 e. The number of hydrogen-bond acceptors (Lipinski definition) is 5. The molecule has 0 saturated carbocycles. The summed E-state index contributed by atoms with van der Waals surface area (Å²) in [5.41, 5.74) is 5.86. The number of pyridine rings is 1. The summed E-state index contributed by atoms with van der Waals surface area (Å²) in [5, 5.41) is 12.4. The number of carbonyl (C=O) groups excluding carboxylic acids is 2. The Labute approximate surface area is 202 Å². The summed E-state index contributed by atoms with van der Waals surface area (Å²) in [7, 11) is 0. The molecule has 3 aromatic carbocycles. The number of anilines is 1. The van der Waals surface area contributed by atoms with Crippen LogP contribution < -0.4 is 5.32 Å². The fourth-order valence-corrected chi connectivity index (χ4v) is 4.33. The van der Waals surface area contributed by atoms with E-state index in [1.54, 1.807) is 24.3 Å². The molecule has 0 saturated heterocycles. The first-order valence-corrected chi connectivity index (χ1v) is 11.3. The molecule has 170 valence electrons. The van der Waals surface area contributed by atoms with Crippen molar-refractivity contribution in [3.8, 4) is 6.07 Å². The first kappa shape index (κ1) is 22.1. The number of esters is 1. The van der Waals surface area contributed by atoms with Crippen molar-refractivity contribution in [2.45, 2.75) is 12.8 Å². The molecule has 0 spiro atoms. The van der Waals surface area contributed by atoms with E-state index < -0.39 is 18.5 Å². The number of nitrogens with one attached hydrogen (secondary N) is 1. The van der Waals surface area contributed by atoms with Crippen molar-refractivity contribution in [2.75, 3.05) is 11.9 Å². The highest BCUT2D eigenvalue weighted by atomic mass is 16.5. The van der Waals surface area contributed by atoms with Crippen LogP contribution in [0.5, 0.6) is 0 Å². The molecule has 1 heterocycles. The molecule has 6 nitrogen and oxygen atoms in total. The van der Waals surface area contributed by atoms with Gasteiger partial charge < -0.3 is 10.1 Å². The highest BCUT2D eigenvalue weighted by Gasteiger charge is 2.28. The van der Waals surface area contributed by atoms with E-state index in [1.807, 2.05) is 60.7 Å². The molecule has 1 aliphatic rings. The number of fused-ring (bicyclic) bond motifs is 2. The van der Waals surface area contributed by atoms with Crippen LogP contribution in [0.25, 0.3) is 22.6 Å². The number of ether oxygens (including phenoxy) is 1. The second-order valence-corrected chi connectivity index (χ2v) is 8.23. The first-order valence-electron chi connectivity index (χ1n) is 11.3. The monoisotopic (exact) mass is 459 g/mol. The summed E-state index contributed by atoms with van der Waals surface area (Å²) in [4.78, 5) is 30.5. The topological polar surface area (TPSA) is 92.1 Å². The molecule has 1 aliphatic carbocycles. The van der Waals surface area contributed by atoms with Gasteiger partial charge >= 0.3 is 5.97 Å². The lowest BCUT2D eigenvalue weighted by Crippen LogP contribution is -2.21. The number of rotatable bonds is 5. The predicted molar refractivity (Wildman–Crippen MR) is 134 cm³/mol. The quantitative estimate of drug-likeness (QED) is 0.404. The molecule has 0 fully saturated rings. The zero-order valence-electron chi connectivity index (χ0n) is 18.8. The molecule has 35 heavy (non-hydrogen) atoms. The Morgan fingerprint density at radius 2 is 1.80 bits per heavy atom. The van der Waals surface area contributed by atoms with Crippen LogP contribution in [-0.2, 0) is 16.0 Å². The third-order valence-electron chi connectivity index (χ3n) is 5.90. The van der Waals surface area contributed by atoms with Crippen molar-refractivity contribution in [1.29, 1.82) is 5.26 Å². The molecule has 1 amide bonds. The number of carbonyl (C=O) groups is 2. The number of para-hydroxylation sites is 1. The van der Waals surface area contributed by atoms with Crippen molar-refractivity contribution in [3.05, 3.63) is 107 Å². The highest BCUT2D eigenvalue weighted by molar-refractivity contribution is 6.08. The largest absolute Gasteiger partial charge is 0.452 e. The number of benzene rings is 3. The normalized spacial score (nSPS) is 13.3. The fraction of sp³-hybridized carbons (Fsp3) is 0.103. The Morgan fingerprint density at radius 1 is 1.00 bits per heavy atom. The van der Waals surface area contributed by atoms with Crippen LogP contribution in [0.1, 0.15) is 39.2 Å². The van der Waals surface area contributed by atoms with E-state index in [2.05, 4.69) is 11.4 Å². The Morgan fingerprint density at radius 3 is 2.63 bits per heavy atom. The average Bonchev–Trinajstić information content (AvgIpc) is 3.28. The summed E-state index contributed by atoms with van der Waals surface area (Å²) in [6, 6.07) is 26.1. The van der Waals surface area contributed by atoms with Gasteiger partial charge in [0.1, 0.15) is 0 Å². The van der Waals surface area contributed by atoms with Crippen molar-refractivity contribution in [2.24, 2.45) is 0 Å². The maximum atomic E-state index is 13.2. The van der Waals surface area contributed by atoms with Crippen LogP contribution in [-0.4, -0.2) is 23.5 Å². The van der Waals surface area contributed by atoms with Gasteiger partial charge in [-0.2, -0.15) is 5.26 Å². The van der Waals surface area contributed by atoms with Crippen molar-refractivity contribution < 1.29 is 14.3 Å². The van der Waals surface area contributed by atoms with Gasteiger partial charge in [0, 0.05) is 11.1 Å². The van der Waals surface area contributed by atoms with Gasteiger partial charge in [-0.25, -0.2) is 9.78 Å². The Bertz CT molecular complexity index is 1520.